The zero-order valence-corrected chi connectivity index (χ0v) is 12.7. The molecule has 0 bridgehead atoms. The summed E-state index contributed by atoms with van der Waals surface area (Å²) in [4.78, 5) is 25.8. The number of rotatable bonds is 6. The van der Waals surface area contributed by atoms with E-state index in [1.165, 1.54) is 0 Å². The molecule has 0 aliphatic heterocycles. The molecule has 2 amide bonds. The zero-order chi connectivity index (χ0) is 16.3. The van der Waals surface area contributed by atoms with Crippen molar-refractivity contribution in [1.29, 1.82) is 0 Å². The Balaban J connectivity index is 1.85. The number of halogens is 2. The van der Waals surface area contributed by atoms with Gasteiger partial charge in [0, 0.05) is 31.1 Å². The predicted molar refractivity (Wildman–Crippen MR) is 78.3 cm³/mol. The lowest BCUT2D eigenvalue weighted by Crippen LogP contribution is -2.40. The van der Waals surface area contributed by atoms with Crippen molar-refractivity contribution in [3.63, 3.8) is 0 Å². The van der Waals surface area contributed by atoms with E-state index in [2.05, 4.69) is 5.32 Å². The Bertz CT molecular complexity index is 569. The first kappa shape index (κ1) is 16.4. The minimum Gasteiger partial charge on any atom is -0.351 e. The van der Waals surface area contributed by atoms with Gasteiger partial charge in [0.2, 0.25) is 5.91 Å². The van der Waals surface area contributed by atoms with Crippen molar-refractivity contribution >= 4 is 11.8 Å². The van der Waals surface area contributed by atoms with Crippen LogP contribution in [-0.4, -0.2) is 35.3 Å². The van der Waals surface area contributed by atoms with E-state index in [1.807, 2.05) is 18.7 Å². The van der Waals surface area contributed by atoms with Gasteiger partial charge in [0.25, 0.3) is 5.91 Å². The number of hydrogen-bond acceptors (Lipinski definition) is 2. The highest BCUT2D eigenvalue weighted by Gasteiger charge is 2.33. The fourth-order valence-electron chi connectivity index (χ4n) is 2.45. The summed E-state index contributed by atoms with van der Waals surface area (Å²) in [6.07, 6.45) is 2.22. The Morgan fingerprint density at radius 3 is 2.55 bits per heavy atom. The fourth-order valence-corrected chi connectivity index (χ4v) is 2.45. The van der Waals surface area contributed by atoms with Crippen LogP contribution in [0.3, 0.4) is 0 Å². The highest BCUT2D eigenvalue weighted by molar-refractivity contribution is 5.94. The molecule has 22 heavy (non-hydrogen) atoms. The van der Waals surface area contributed by atoms with Crippen molar-refractivity contribution in [2.45, 2.75) is 45.2 Å². The molecule has 0 heterocycles. The highest BCUT2D eigenvalue weighted by atomic mass is 19.1. The number of nitrogens with zero attached hydrogens (tertiary/aromatic N) is 1. The molecule has 0 aromatic heterocycles. The Hall–Kier alpha value is -1.98. The Morgan fingerprint density at radius 1 is 1.32 bits per heavy atom. The number of carbonyl (C=O) groups is 2. The van der Waals surface area contributed by atoms with Crippen molar-refractivity contribution in [2.24, 2.45) is 0 Å². The number of amides is 2. The second kappa shape index (κ2) is 6.85. The molecular formula is C16H20F2N2O2. The van der Waals surface area contributed by atoms with Crippen LogP contribution in [0.15, 0.2) is 18.2 Å². The molecule has 1 fully saturated rings. The van der Waals surface area contributed by atoms with Crippen LogP contribution in [0.5, 0.6) is 0 Å². The summed E-state index contributed by atoms with van der Waals surface area (Å²) in [7, 11) is 0. The molecule has 4 nitrogen and oxygen atoms in total. The third kappa shape index (κ3) is 4.02. The van der Waals surface area contributed by atoms with E-state index in [4.69, 9.17) is 0 Å². The van der Waals surface area contributed by atoms with E-state index in [-0.39, 0.29) is 30.5 Å². The Kier molecular flexibility index (Phi) is 5.11. The van der Waals surface area contributed by atoms with E-state index < -0.39 is 17.5 Å². The van der Waals surface area contributed by atoms with Crippen LogP contribution in [0.2, 0.25) is 0 Å². The lowest BCUT2D eigenvalue weighted by Gasteiger charge is -2.26. The van der Waals surface area contributed by atoms with E-state index >= 15 is 0 Å². The minimum atomic E-state index is -0.911. The second-order valence-electron chi connectivity index (χ2n) is 5.76. The SMILES string of the molecule is CC(C)N(C(=O)CCNC(=O)c1ccc(F)cc1F)C1CC1. The Labute approximate surface area is 128 Å². The van der Waals surface area contributed by atoms with Gasteiger partial charge < -0.3 is 10.2 Å². The molecule has 1 aliphatic carbocycles. The molecule has 2 rings (SSSR count). The van der Waals surface area contributed by atoms with Gasteiger partial charge >= 0.3 is 0 Å². The zero-order valence-electron chi connectivity index (χ0n) is 12.7. The summed E-state index contributed by atoms with van der Waals surface area (Å²) in [5.41, 5.74) is -0.225. The molecule has 1 aromatic carbocycles. The van der Waals surface area contributed by atoms with E-state index in [1.54, 1.807) is 0 Å². The fraction of sp³-hybridized carbons (Fsp3) is 0.500. The second-order valence-corrected chi connectivity index (χ2v) is 5.76. The molecular weight excluding hydrogens is 290 g/mol. The number of nitrogens with one attached hydrogen (secondary N) is 1. The smallest absolute Gasteiger partial charge is 0.254 e. The normalized spacial score (nSPS) is 14.0. The lowest BCUT2D eigenvalue weighted by atomic mass is 10.2. The molecule has 120 valence electrons. The van der Waals surface area contributed by atoms with Crippen LogP contribution in [0.1, 0.15) is 43.5 Å². The topological polar surface area (TPSA) is 49.4 Å². The van der Waals surface area contributed by atoms with Crippen LogP contribution < -0.4 is 5.32 Å². The van der Waals surface area contributed by atoms with Crippen LogP contribution >= 0.6 is 0 Å². The lowest BCUT2D eigenvalue weighted by molar-refractivity contribution is -0.133. The van der Waals surface area contributed by atoms with Gasteiger partial charge in [-0.05, 0) is 38.8 Å². The van der Waals surface area contributed by atoms with Crippen molar-refractivity contribution in [2.75, 3.05) is 6.54 Å². The van der Waals surface area contributed by atoms with Crippen molar-refractivity contribution in [1.82, 2.24) is 10.2 Å². The summed E-state index contributed by atoms with van der Waals surface area (Å²) in [6.45, 7) is 4.05. The summed E-state index contributed by atoms with van der Waals surface area (Å²) >= 11 is 0. The van der Waals surface area contributed by atoms with Crippen LogP contribution in [0, 0.1) is 11.6 Å². The average Bonchev–Trinajstić information content (AvgIpc) is 3.22. The Morgan fingerprint density at radius 2 is 2.00 bits per heavy atom. The molecule has 6 heteroatoms. The van der Waals surface area contributed by atoms with E-state index in [0.29, 0.717) is 12.1 Å². The molecule has 1 N–H and O–H groups in total. The van der Waals surface area contributed by atoms with Gasteiger partial charge in [0.05, 0.1) is 5.56 Å². The van der Waals surface area contributed by atoms with Crippen LogP contribution in [0.4, 0.5) is 8.78 Å². The molecule has 0 unspecified atom stereocenters. The maximum atomic E-state index is 13.5. The van der Waals surface area contributed by atoms with Crippen molar-refractivity contribution in [3.05, 3.63) is 35.4 Å². The molecule has 0 saturated heterocycles. The van der Waals surface area contributed by atoms with Gasteiger partial charge in [0.1, 0.15) is 11.6 Å². The van der Waals surface area contributed by atoms with Crippen LogP contribution in [-0.2, 0) is 4.79 Å². The molecule has 1 aromatic rings. The van der Waals surface area contributed by atoms with Gasteiger partial charge in [-0.25, -0.2) is 8.78 Å². The first-order chi connectivity index (χ1) is 10.4. The number of carbonyl (C=O) groups excluding carboxylic acids is 2. The van der Waals surface area contributed by atoms with Gasteiger partial charge in [0.15, 0.2) is 0 Å². The van der Waals surface area contributed by atoms with Crippen LogP contribution in [0.25, 0.3) is 0 Å². The first-order valence-corrected chi connectivity index (χ1v) is 7.44. The number of hydrogen-bond donors (Lipinski definition) is 1. The summed E-state index contributed by atoms with van der Waals surface area (Å²) in [6, 6.07) is 3.22. The molecule has 0 spiro atoms. The average molecular weight is 310 g/mol. The first-order valence-electron chi connectivity index (χ1n) is 7.44. The minimum absolute atomic E-state index is 0.0163. The third-order valence-corrected chi connectivity index (χ3v) is 3.58. The van der Waals surface area contributed by atoms with Gasteiger partial charge in [-0.2, -0.15) is 0 Å². The third-order valence-electron chi connectivity index (χ3n) is 3.58. The molecule has 1 saturated carbocycles. The van der Waals surface area contributed by atoms with Gasteiger partial charge in [-0.1, -0.05) is 0 Å². The standard InChI is InChI=1S/C16H20F2N2O2/c1-10(2)20(12-4-5-12)15(21)7-8-19-16(22)13-6-3-11(17)9-14(13)18/h3,6,9-10,12H,4-5,7-8H2,1-2H3,(H,19,22). The van der Waals surface area contributed by atoms with Crippen molar-refractivity contribution in [3.8, 4) is 0 Å². The predicted octanol–water partition coefficient (Wildman–Crippen LogP) is 2.48. The maximum absolute atomic E-state index is 13.5. The molecule has 0 atom stereocenters. The number of benzene rings is 1. The largest absolute Gasteiger partial charge is 0.351 e. The monoisotopic (exact) mass is 310 g/mol. The van der Waals surface area contributed by atoms with Gasteiger partial charge in [-0.15, -0.1) is 0 Å². The molecule has 0 radical (unpaired) electrons. The quantitative estimate of drug-likeness (QED) is 0.877. The maximum Gasteiger partial charge on any atom is 0.254 e. The van der Waals surface area contributed by atoms with Crippen molar-refractivity contribution < 1.29 is 18.4 Å². The van der Waals surface area contributed by atoms with E-state index in [9.17, 15) is 18.4 Å². The molecule has 1 aliphatic rings. The summed E-state index contributed by atoms with van der Waals surface area (Å²) < 4.78 is 26.3. The highest BCUT2D eigenvalue weighted by Crippen LogP contribution is 2.29. The van der Waals surface area contributed by atoms with E-state index in [0.717, 1.165) is 25.0 Å². The van der Waals surface area contributed by atoms with Gasteiger partial charge in [-0.3, -0.25) is 9.59 Å². The summed E-state index contributed by atoms with van der Waals surface area (Å²) in [5, 5.41) is 2.49. The summed E-state index contributed by atoms with van der Waals surface area (Å²) in [5.74, 6) is -2.31.